The molecule has 0 radical (unpaired) electrons. The lowest BCUT2D eigenvalue weighted by molar-refractivity contribution is -0.140. The SMILES string of the molecule is CC[C@H](C(=O)NC)N(Cc1ccc(F)cc1)C(=O)CCSCc1ccccc1. The predicted octanol–water partition coefficient (Wildman–Crippen LogP) is 4.00. The minimum atomic E-state index is -0.540. The fourth-order valence-electron chi connectivity index (χ4n) is 2.94. The van der Waals surface area contributed by atoms with Crippen LogP contribution in [0.3, 0.4) is 0 Å². The summed E-state index contributed by atoms with van der Waals surface area (Å²) >= 11 is 1.70. The van der Waals surface area contributed by atoms with Crippen LogP contribution in [0.2, 0.25) is 0 Å². The first-order chi connectivity index (χ1) is 13.5. The van der Waals surface area contributed by atoms with Crippen LogP contribution >= 0.6 is 11.8 Å². The van der Waals surface area contributed by atoms with E-state index in [0.717, 1.165) is 11.3 Å². The van der Waals surface area contributed by atoms with Crippen molar-refractivity contribution in [3.05, 3.63) is 71.5 Å². The lowest BCUT2D eigenvalue weighted by Gasteiger charge is -2.30. The zero-order chi connectivity index (χ0) is 20.4. The molecule has 0 fully saturated rings. The molecule has 0 aliphatic heterocycles. The quantitative estimate of drug-likeness (QED) is 0.611. The summed E-state index contributed by atoms with van der Waals surface area (Å²) in [6.07, 6.45) is 0.871. The number of nitrogens with one attached hydrogen (secondary N) is 1. The van der Waals surface area contributed by atoms with Crippen LogP contribution in [0.15, 0.2) is 54.6 Å². The van der Waals surface area contributed by atoms with Crippen LogP contribution in [-0.2, 0) is 21.9 Å². The van der Waals surface area contributed by atoms with Crippen molar-refractivity contribution in [2.45, 2.75) is 38.1 Å². The van der Waals surface area contributed by atoms with E-state index in [1.165, 1.54) is 17.7 Å². The number of carbonyl (C=O) groups is 2. The maximum atomic E-state index is 13.2. The lowest BCUT2D eigenvalue weighted by atomic mass is 10.1. The van der Waals surface area contributed by atoms with Gasteiger partial charge in [0.15, 0.2) is 0 Å². The van der Waals surface area contributed by atoms with Gasteiger partial charge in [0.25, 0.3) is 0 Å². The molecule has 0 unspecified atom stereocenters. The van der Waals surface area contributed by atoms with Crippen molar-refractivity contribution in [3.8, 4) is 0 Å². The predicted molar refractivity (Wildman–Crippen MR) is 112 cm³/mol. The van der Waals surface area contributed by atoms with Gasteiger partial charge in [-0.1, -0.05) is 49.4 Å². The summed E-state index contributed by atoms with van der Waals surface area (Å²) < 4.78 is 13.2. The molecule has 0 saturated carbocycles. The van der Waals surface area contributed by atoms with Gasteiger partial charge in [-0.3, -0.25) is 9.59 Å². The van der Waals surface area contributed by atoms with Gasteiger partial charge in [0.2, 0.25) is 11.8 Å². The Balaban J connectivity index is 2.00. The Morgan fingerprint density at radius 1 is 1.07 bits per heavy atom. The summed E-state index contributed by atoms with van der Waals surface area (Å²) in [5.41, 5.74) is 2.02. The van der Waals surface area contributed by atoms with Gasteiger partial charge >= 0.3 is 0 Å². The van der Waals surface area contributed by atoms with Gasteiger partial charge in [-0.15, -0.1) is 0 Å². The Labute approximate surface area is 170 Å². The highest BCUT2D eigenvalue weighted by Gasteiger charge is 2.27. The van der Waals surface area contributed by atoms with Crippen LogP contribution in [-0.4, -0.2) is 35.6 Å². The molecule has 1 atom stereocenters. The average Bonchev–Trinajstić information content (AvgIpc) is 2.72. The largest absolute Gasteiger partial charge is 0.357 e. The van der Waals surface area contributed by atoms with Crippen molar-refractivity contribution in [2.24, 2.45) is 0 Å². The summed E-state index contributed by atoms with van der Waals surface area (Å²) in [4.78, 5) is 26.8. The summed E-state index contributed by atoms with van der Waals surface area (Å²) in [6.45, 7) is 2.17. The third-order valence-corrected chi connectivity index (χ3v) is 5.50. The summed E-state index contributed by atoms with van der Waals surface area (Å²) in [5.74, 6) is 0.948. The van der Waals surface area contributed by atoms with E-state index in [0.29, 0.717) is 18.6 Å². The molecule has 2 aromatic carbocycles. The topological polar surface area (TPSA) is 49.4 Å². The number of carbonyl (C=O) groups excluding carboxylic acids is 2. The lowest BCUT2D eigenvalue weighted by Crippen LogP contribution is -2.48. The van der Waals surface area contributed by atoms with E-state index in [1.807, 2.05) is 25.1 Å². The fraction of sp³-hybridized carbons (Fsp3) is 0.364. The van der Waals surface area contributed by atoms with Crippen LogP contribution in [0.4, 0.5) is 4.39 Å². The molecule has 0 bridgehead atoms. The van der Waals surface area contributed by atoms with Crippen molar-refractivity contribution >= 4 is 23.6 Å². The second-order valence-electron chi connectivity index (χ2n) is 6.47. The maximum Gasteiger partial charge on any atom is 0.242 e. The normalized spacial score (nSPS) is 11.7. The molecular formula is C22H27FN2O2S. The van der Waals surface area contributed by atoms with E-state index < -0.39 is 6.04 Å². The van der Waals surface area contributed by atoms with Gasteiger partial charge in [0.1, 0.15) is 11.9 Å². The Hall–Kier alpha value is -2.34. The molecule has 2 aromatic rings. The first-order valence-electron chi connectivity index (χ1n) is 9.42. The molecule has 4 nitrogen and oxygen atoms in total. The van der Waals surface area contributed by atoms with Crippen LogP contribution in [0.1, 0.15) is 30.9 Å². The second-order valence-corrected chi connectivity index (χ2v) is 7.58. The molecule has 0 spiro atoms. The van der Waals surface area contributed by atoms with Crippen LogP contribution in [0, 0.1) is 5.82 Å². The summed E-state index contributed by atoms with van der Waals surface area (Å²) in [6, 6.07) is 15.6. The van der Waals surface area contributed by atoms with Crippen molar-refractivity contribution in [1.82, 2.24) is 10.2 Å². The molecule has 0 aliphatic carbocycles. The van der Waals surface area contributed by atoms with E-state index in [9.17, 15) is 14.0 Å². The number of hydrogen-bond donors (Lipinski definition) is 1. The number of amides is 2. The maximum absolute atomic E-state index is 13.2. The molecular weight excluding hydrogens is 375 g/mol. The molecule has 150 valence electrons. The van der Waals surface area contributed by atoms with Crippen molar-refractivity contribution in [3.63, 3.8) is 0 Å². The number of halogens is 1. The van der Waals surface area contributed by atoms with Crippen molar-refractivity contribution in [2.75, 3.05) is 12.8 Å². The zero-order valence-corrected chi connectivity index (χ0v) is 17.2. The molecule has 6 heteroatoms. The highest BCUT2D eigenvalue weighted by atomic mass is 32.2. The van der Waals surface area contributed by atoms with E-state index in [-0.39, 0.29) is 24.2 Å². The minimum Gasteiger partial charge on any atom is -0.357 e. The van der Waals surface area contributed by atoms with Crippen LogP contribution in [0.25, 0.3) is 0 Å². The van der Waals surface area contributed by atoms with Gasteiger partial charge < -0.3 is 10.2 Å². The standard InChI is InChI=1S/C22H27FN2O2S/c1-3-20(22(27)24-2)25(15-17-9-11-19(23)12-10-17)21(26)13-14-28-16-18-7-5-4-6-8-18/h4-12,20H,3,13-16H2,1-2H3,(H,24,27)/t20-/m1/s1. The molecule has 0 heterocycles. The molecule has 0 aliphatic rings. The molecule has 2 rings (SSSR count). The number of nitrogens with zero attached hydrogens (tertiary/aromatic N) is 1. The van der Waals surface area contributed by atoms with Gasteiger partial charge in [0, 0.05) is 31.5 Å². The van der Waals surface area contributed by atoms with E-state index in [1.54, 1.807) is 35.8 Å². The van der Waals surface area contributed by atoms with Gasteiger partial charge in [0.05, 0.1) is 0 Å². The monoisotopic (exact) mass is 402 g/mol. The Morgan fingerprint density at radius 2 is 1.75 bits per heavy atom. The van der Waals surface area contributed by atoms with Gasteiger partial charge in [-0.05, 0) is 29.7 Å². The van der Waals surface area contributed by atoms with Crippen LogP contribution in [0.5, 0.6) is 0 Å². The Morgan fingerprint density at radius 3 is 2.36 bits per heavy atom. The van der Waals surface area contributed by atoms with Gasteiger partial charge in [-0.2, -0.15) is 11.8 Å². The highest BCUT2D eigenvalue weighted by molar-refractivity contribution is 7.98. The summed E-state index contributed by atoms with van der Waals surface area (Å²) in [7, 11) is 1.57. The van der Waals surface area contributed by atoms with Crippen molar-refractivity contribution in [1.29, 1.82) is 0 Å². The Kier molecular flexibility index (Phi) is 9.01. The first-order valence-corrected chi connectivity index (χ1v) is 10.6. The first kappa shape index (κ1) is 22.0. The van der Waals surface area contributed by atoms with E-state index >= 15 is 0 Å². The fourth-order valence-corrected chi connectivity index (χ4v) is 3.83. The molecule has 28 heavy (non-hydrogen) atoms. The zero-order valence-electron chi connectivity index (χ0n) is 16.4. The number of benzene rings is 2. The number of hydrogen-bond acceptors (Lipinski definition) is 3. The molecule has 1 N–H and O–H groups in total. The smallest absolute Gasteiger partial charge is 0.242 e. The average molecular weight is 403 g/mol. The minimum absolute atomic E-state index is 0.0691. The molecule has 0 saturated heterocycles. The number of likely N-dealkylation sites (N-methyl/N-ethyl adjacent to an activating group) is 1. The van der Waals surface area contributed by atoms with E-state index in [2.05, 4.69) is 17.4 Å². The van der Waals surface area contributed by atoms with Gasteiger partial charge in [-0.25, -0.2) is 4.39 Å². The highest BCUT2D eigenvalue weighted by Crippen LogP contribution is 2.17. The van der Waals surface area contributed by atoms with Crippen LogP contribution < -0.4 is 5.32 Å². The third-order valence-electron chi connectivity index (χ3n) is 4.47. The Bertz CT molecular complexity index is 753. The third kappa shape index (κ3) is 6.68. The second kappa shape index (κ2) is 11.5. The van der Waals surface area contributed by atoms with Crippen molar-refractivity contribution < 1.29 is 14.0 Å². The van der Waals surface area contributed by atoms with E-state index in [4.69, 9.17) is 0 Å². The molecule has 0 aromatic heterocycles. The summed E-state index contributed by atoms with van der Waals surface area (Å²) in [5, 5.41) is 2.64. The number of thioether (sulfide) groups is 1. The molecule has 2 amide bonds. The number of rotatable bonds is 10.